The third-order valence-corrected chi connectivity index (χ3v) is 5.37. The molecule has 0 aliphatic heterocycles. The van der Waals surface area contributed by atoms with Gasteiger partial charge in [0.2, 0.25) is 5.78 Å². The molecule has 1 N–H and O–H groups in total. The minimum absolute atomic E-state index is 0.0353. The molecule has 0 saturated heterocycles. The summed E-state index contributed by atoms with van der Waals surface area (Å²) in [4.78, 5) is 16.7. The van der Waals surface area contributed by atoms with Gasteiger partial charge in [-0.15, -0.1) is 0 Å². The molecule has 4 heteroatoms. The lowest BCUT2D eigenvalue weighted by atomic mass is 9.67. The van der Waals surface area contributed by atoms with Gasteiger partial charge in [-0.25, -0.2) is 0 Å². The first-order valence-corrected chi connectivity index (χ1v) is 10.1. The highest BCUT2D eigenvalue weighted by Gasteiger charge is 2.26. The molecule has 0 fully saturated rings. The smallest absolute Gasteiger partial charge is 0.254 e. The summed E-state index contributed by atoms with van der Waals surface area (Å²) in [6.45, 7) is 6.45. The van der Waals surface area contributed by atoms with Crippen LogP contribution >= 0.6 is 0 Å². The molecule has 1 atom stereocenters. The van der Waals surface area contributed by atoms with Crippen molar-refractivity contribution in [2.75, 3.05) is 0 Å². The van der Waals surface area contributed by atoms with E-state index in [1.54, 1.807) is 0 Å². The van der Waals surface area contributed by atoms with E-state index in [9.17, 15) is 4.79 Å². The molecule has 0 aliphatic rings. The average Bonchev–Trinajstić information content (AvgIpc) is 3.40. The molecule has 4 rings (SSSR count). The summed E-state index contributed by atoms with van der Waals surface area (Å²) in [6.07, 6.45) is 1.95. The number of carbonyl (C=O) groups is 1. The highest BCUT2D eigenvalue weighted by atomic mass is 16.1. The van der Waals surface area contributed by atoms with Crippen LogP contribution in [0, 0.1) is 6.92 Å². The first-order valence-electron chi connectivity index (χ1n) is 10.1. The van der Waals surface area contributed by atoms with Crippen molar-refractivity contribution in [3.8, 4) is 0 Å². The van der Waals surface area contributed by atoms with Gasteiger partial charge in [-0.1, -0.05) is 73.8 Å². The molecule has 144 valence electrons. The van der Waals surface area contributed by atoms with Crippen molar-refractivity contribution in [2.24, 2.45) is 0 Å². The number of aryl methyl sites for hydroxylation is 1. The maximum absolute atomic E-state index is 13.3. The van der Waals surface area contributed by atoms with Crippen LogP contribution in [0.25, 0.3) is 0 Å². The molecule has 3 nitrogen and oxygen atoms in total. The fraction of sp³-hybridized carbons (Fsp3) is 0.160. The van der Waals surface area contributed by atoms with Gasteiger partial charge in [0.25, 0.3) is 6.85 Å². The number of carbonyl (C=O) groups excluding carboxylic acids is 1. The molecule has 2 heterocycles. The minimum Gasteiger partial charge on any atom is -0.386 e. The molecule has 0 saturated carbocycles. The zero-order valence-corrected chi connectivity index (χ0v) is 17.1. The Bertz CT molecular complexity index is 1090. The monoisotopic (exact) mass is 380 g/mol. The van der Waals surface area contributed by atoms with Crippen molar-refractivity contribution in [3.63, 3.8) is 0 Å². The van der Waals surface area contributed by atoms with Crippen molar-refractivity contribution < 1.29 is 4.79 Å². The molecule has 1 unspecified atom stereocenters. The summed E-state index contributed by atoms with van der Waals surface area (Å²) in [7, 11) is 0. The maximum Gasteiger partial charge on any atom is 0.254 e. The normalized spacial score (nSPS) is 12.0. The van der Waals surface area contributed by atoms with Gasteiger partial charge in [0.15, 0.2) is 0 Å². The van der Waals surface area contributed by atoms with Crippen LogP contribution < -0.4 is 0 Å². The highest BCUT2D eigenvalue weighted by Crippen LogP contribution is 2.33. The quantitative estimate of drug-likeness (QED) is 0.341. The van der Waals surface area contributed by atoms with Crippen molar-refractivity contribution >= 4 is 12.6 Å². The highest BCUT2D eigenvalue weighted by molar-refractivity contribution is 6.55. The van der Waals surface area contributed by atoms with Crippen molar-refractivity contribution in [2.45, 2.75) is 26.5 Å². The number of benzene rings is 2. The molecule has 0 bridgehead atoms. The van der Waals surface area contributed by atoms with Gasteiger partial charge in [-0.2, -0.15) is 0 Å². The van der Waals surface area contributed by atoms with Gasteiger partial charge < -0.3 is 9.46 Å². The second kappa shape index (κ2) is 8.00. The van der Waals surface area contributed by atoms with E-state index in [2.05, 4.69) is 59.5 Å². The first-order chi connectivity index (χ1) is 14.1. The summed E-state index contributed by atoms with van der Waals surface area (Å²) < 4.78 is 2.18. The Morgan fingerprint density at radius 2 is 1.62 bits per heavy atom. The Hall–Kier alpha value is -3.27. The Balaban J connectivity index is 1.85. The van der Waals surface area contributed by atoms with Crippen molar-refractivity contribution in [1.82, 2.24) is 9.46 Å². The number of ketones is 1. The summed E-state index contributed by atoms with van der Waals surface area (Å²) in [5.74, 6) is 0.0939. The van der Waals surface area contributed by atoms with E-state index in [-0.39, 0.29) is 18.5 Å². The van der Waals surface area contributed by atoms with Gasteiger partial charge in [-0.3, -0.25) is 4.79 Å². The molecule has 0 aliphatic carbocycles. The second-order valence-electron chi connectivity index (χ2n) is 7.77. The van der Waals surface area contributed by atoms with Gasteiger partial charge in [0.1, 0.15) is 0 Å². The van der Waals surface area contributed by atoms with E-state index in [1.807, 2.05) is 55.6 Å². The Labute approximate surface area is 172 Å². The Morgan fingerprint density at radius 1 is 0.897 bits per heavy atom. The van der Waals surface area contributed by atoms with Gasteiger partial charge in [0.05, 0.1) is 11.6 Å². The Kier molecular flexibility index (Phi) is 5.26. The van der Waals surface area contributed by atoms with E-state index in [0.717, 1.165) is 28.2 Å². The summed E-state index contributed by atoms with van der Waals surface area (Å²) in [5.41, 5.74) is 6.03. The molecule has 29 heavy (non-hydrogen) atoms. The van der Waals surface area contributed by atoms with Crippen LogP contribution in [0.1, 0.15) is 44.5 Å². The van der Waals surface area contributed by atoms with Gasteiger partial charge in [-0.05, 0) is 36.8 Å². The molecular formula is C25H25BN2O. The number of aromatic amines is 1. The van der Waals surface area contributed by atoms with E-state index in [1.165, 1.54) is 5.56 Å². The largest absolute Gasteiger partial charge is 0.386 e. The predicted octanol–water partition coefficient (Wildman–Crippen LogP) is 5.64. The molecular weight excluding hydrogens is 355 g/mol. The average molecular weight is 380 g/mol. The minimum atomic E-state index is 0.0353. The number of hydrogen-bond acceptors (Lipinski definition) is 1. The number of nitrogens with zero attached hydrogens (tertiary/aromatic N) is 1. The van der Waals surface area contributed by atoms with Crippen LogP contribution in [0.4, 0.5) is 0 Å². The van der Waals surface area contributed by atoms with Crippen LogP contribution in [0.2, 0.25) is 13.6 Å². The number of rotatable bonds is 6. The third-order valence-electron chi connectivity index (χ3n) is 5.37. The molecule has 2 aromatic heterocycles. The molecule has 0 amide bonds. The lowest BCUT2D eigenvalue weighted by molar-refractivity contribution is 0.103. The van der Waals surface area contributed by atoms with Gasteiger partial charge >= 0.3 is 0 Å². The van der Waals surface area contributed by atoms with Crippen LogP contribution in [0.3, 0.4) is 0 Å². The van der Waals surface area contributed by atoms with Crippen LogP contribution in [0.5, 0.6) is 0 Å². The van der Waals surface area contributed by atoms with E-state index in [4.69, 9.17) is 0 Å². The molecule has 0 spiro atoms. The lowest BCUT2D eigenvalue weighted by Crippen LogP contribution is -2.25. The molecule has 4 aromatic rings. The van der Waals surface area contributed by atoms with Crippen LogP contribution in [-0.4, -0.2) is 22.1 Å². The predicted molar refractivity (Wildman–Crippen MR) is 120 cm³/mol. The number of H-pyrrole nitrogens is 1. The zero-order chi connectivity index (χ0) is 20.4. The molecule has 0 radical (unpaired) electrons. The SMILES string of the molecule is CB(C)n1c(C(=O)c2ccc(C)cc2)ccc1C(c1ccccc1)c1ccc[nH]1. The third kappa shape index (κ3) is 3.71. The van der Waals surface area contributed by atoms with Gasteiger partial charge in [0, 0.05) is 23.1 Å². The number of hydrogen-bond donors (Lipinski definition) is 1. The number of nitrogens with one attached hydrogen (secondary N) is 1. The number of aromatic nitrogens is 2. The van der Waals surface area contributed by atoms with Crippen molar-refractivity contribution in [1.29, 1.82) is 0 Å². The fourth-order valence-electron chi connectivity index (χ4n) is 3.99. The van der Waals surface area contributed by atoms with E-state index in [0.29, 0.717) is 0 Å². The van der Waals surface area contributed by atoms with Crippen LogP contribution in [-0.2, 0) is 0 Å². The fourth-order valence-corrected chi connectivity index (χ4v) is 3.99. The topological polar surface area (TPSA) is 37.8 Å². The maximum atomic E-state index is 13.3. The lowest BCUT2D eigenvalue weighted by Gasteiger charge is -2.22. The standard InChI is InChI=1S/C25H25BN2O/c1-18-11-13-20(14-12-18)25(29)23-16-15-22(28(23)26(2)3)24(21-10-7-17-27-21)19-8-5-4-6-9-19/h4-17,24,27H,1-3H3. The first kappa shape index (κ1) is 19.1. The second-order valence-corrected chi connectivity index (χ2v) is 7.77. The van der Waals surface area contributed by atoms with E-state index < -0.39 is 0 Å². The summed E-state index contributed by atoms with van der Waals surface area (Å²) >= 11 is 0. The summed E-state index contributed by atoms with van der Waals surface area (Å²) in [5, 5.41) is 0. The molecule has 2 aromatic carbocycles. The van der Waals surface area contributed by atoms with Crippen LogP contribution in [0.15, 0.2) is 85.1 Å². The van der Waals surface area contributed by atoms with E-state index >= 15 is 0 Å². The van der Waals surface area contributed by atoms with Crippen molar-refractivity contribution in [3.05, 3.63) is 119 Å². The zero-order valence-electron chi connectivity index (χ0n) is 17.1. The summed E-state index contributed by atoms with van der Waals surface area (Å²) in [6, 6.07) is 26.4. The Morgan fingerprint density at radius 3 is 2.24 bits per heavy atom.